The van der Waals surface area contributed by atoms with Gasteiger partial charge in [0.1, 0.15) is 0 Å². The van der Waals surface area contributed by atoms with Gasteiger partial charge in [0.2, 0.25) is 0 Å². The molecule has 0 unspecified atom stereocenters. The largest absolute Gasteiger partial charge is 0.310 e. The van der Waals surface area contributed by atoms with Crippen LogP contribution in [0.4, 0.5) is 17.1 Å². The summed E-state index contributed by atoms with van der Waals surface area (Å²) in [6.45, 7) is 4.82. The quantitative estimate of drug-likeness (QED) is 0.140. The number of benzene rings is 13. The second kappa shape index (κ2) is 18.8. The smallest absolute Gasteiger partial charge is 0.0620 e. The van der Waals surface area contributed by atoms with E-state index in [9.17, 15) is 0 Å². The zero-order chi connectivity index (χ0) is 54.5. The van der Waals surface area contributed by atoms with Crippen LogP contribution in [0.15, 0.2) is 297 Å². The number of aromatic nitrogens is 2. The molecule has 0 fully saturated rings. The van der Waals surface area contributed by atoms with E-state index in [2.05, 4.69) is 325 Å². The third-order valence-corrected chi connectivity index (χ3v) is 17.5. The molecule has 13 aromatic carbocycles. The second-order valence-electron chi connectivity index (χ2n) is 22.4. The molecule has 0 bridgehead atoms. The maximum Gasteiger partial charge on any atom is 0.0620 e. The molecular formula is C79H55N3. The summed E-state index contributed by atoms with van der Waals surface area (Å²) in [5.74, 6) is 0. The molecule has 82 heavy (non-hydrogen) atoms. The minimum absolute atomic E-state index is 0.301. The first-order valence-corrected chi connectivity index (χ1v) is 28.5. The summed E-state index contributed by atoms with van der Waals surface area (Å²) in [5, 5.41) is 8.55. The highest BCUT2D eigenvalue weighted by Crippen LogP contribution is 2.53. The second-order valence-corrected chi connectivity index (χ2v) is 22.4. The van der Waals surface area contributed by atoms with Gasteiger partial charge in [0.05, 0.1) is 22.2 Å². The summed E-state index contributed by atoms with van der Waals surface area (Å²) in [5.41, 5.74) is 23.7. The first-order valence-electron chi connectivity index (χ1n) is 28.5. The fourth-order valence-corrected chi connectivity index (χ4v) is 13.6. The third-order valence-electron chi connectivity index (χ3n) is 17.5. The van der Waals surface area contributed by atoms with Crippen LogP contribution >= 0.6 is 0 Å². The van der Waals surface area contributed by atoms with Crippen molar-refractivity contribution in [3.63, 3.8) is 0 Å². The average Bonchev–Trinajstić information content (AvgIpc) is 3.95. The Hall–Kier alpha value is -10.5. The normalized spacial score (nSPS) is 12.6. The maximum absolute atomic E-state index is 2.54. The van der Waals surface area contributed by atoms with Gasteiger partial charge in [0, 0.05) is 61.0 Å². The van der Waals surface area contributed by atoms with Crippen molar-refractivity contribution in [2.24, 2.45) is 0 Å². The van der Waals surface area contributed by atoms with E-state index in [1.165, 1.54) is 121 Å². The highest BCUT2D eigenvalue weighted by atomic mass is 15.1. The van der Waals surface area contributed by atoms with Crippen molar-refractivity contribution in [2.45, 2.75) is 19.3 Å². The van der Waals surface area contributed by atoms with E-state index in [4.69, 9.17) is 0 Å². The Balaban J connectivity index is 0.842. The molecular weight excluding hydrogens is 991 g/mol. The Kier molecular flexibility index (Phi) is 10.9. The number of para-hydroxylation sites is 2. The molecule has 2 aromatic heterocycles. The lowest BCUT2D eigenvalue weighted by molar-refractivity contribution is 0.660. The van der Waals surface area contributed by atoms with Crippen molar-refractivity contribution in [1.82, 2.24) is 9.13 Å². The molecule has 15 aromatic rings. The van der Waals surface area contributed by atoms with E-state index in [0.717, 1.165) is 28.4 Å². The fourth-order valence-electron chi connectivity index (χ4n) is 13.6. The lowest BCUT2D eigenvalue weighted by atomic mass is 9.81. The van der Waals surface area contributed by atoms with Gasteiger partial charge >= 0.3 is 0 Å². The summed E-state index contributed by atoms with van der Waals surface area (Å²) in [6.07, 6.45) is 0. The summed E-state index contributed by atoms with van der Waals surface area (Å²) < 4.78 is 4.93. The van der Waals surface area contributed by atoms with Gasteiger partial charge in [-0.1, -0.05) is 232 Å². The highest BCUT2D eigenvalue weighted by Gasteiger charge is 2.37. The van der Waals surface area contributed by atoms with Gasteiger partial charge in [0.15, 0.2) is 0 Å². The summed E-state index contributed by atoms with van der Waals surface area (Å²) in [4.78, 5) is 2.45. The number of anilines is 3. The van der Waals surface area contributed by atoms with Crippen LogP contribution in [0.2, 0.25) is 0 Å². The number of nitrogens with zero attached hydrogens (tertiary/aromatic N) is 3. The molecule has 1 aliphatic rings. The fraction of sp³-hybridized carbons (Fsp3) is 0.0380. The van der Waals surface area contributed by atoms with Crippen molar-refractivity contribution < 1.29 is 0 Å². The lowest BCUT2D eigenvalue weighted by Gasteiger charge is -2.28. The van der Waals surface area contributed by atoms with Crippen LogP contribution in [0, 0.1) is 0 Å². The summed E-state index contributed by atoms with van der Waals surface area (Å²) >= 11 is 0. The molecule has 2 heterocycles. The van der Waals surface area contributed by atoms with Crippen molar-refractivity contribution >= 4 is 71.3 Å². The first-order chi connectivity index (χ1) is 40.4. The Bertz CT molecular complexity index is 4970. The minimum Gasteiger partial charge on any atom is -0.310 e. The van der Waals surface area contributed by atoms with E-state index < -0.39 is 0 Å². The zero-order valence-corrected chi connectivity index (χ0v) is 45.6. The van der Waals surface area contributed by atoms with Crippen molar-refractivity contribution in [3.8, 4) is 67.1 Å². The number of fused-ring (bicyclic) bond motifs is 10. The molecule has 0 saturated carbocycles. The molecule has 16 rings (SSSR count). The molecule has 0 radical (unpaired) electrons. The molecule has 1 aliphatic carbocycles. The monoisotopic (exact) mass is 1050 g/mol. The Morgan fingerprint density at radius 3 is 1.62 bits per heavy atom. The van der Waals surface area contributed by atoms with Gasteiger partial charge in [-0.2, -0.15) is 0 Å². The van der Waals surface area contributed by atoms with Gasteiger partial charge in [-0.3, -0.25) is 0 Å². The van der Waals surface area contributed by atoms with E-state index in [-0.39, 0.29) is 5.41 Å². The number of hydrogen-bond donors (Lipinski definition) is 0. The number of hydrogen-bond acceptors (Lipinski definition) is 1. The molecule has 0 atom stereocenters. The van der Waals surface area contributed by atoms with Gasteiger partial charge in [-0.05, 0) is 151 Å². The average molecular weight is 1050 g/mol. The van der Waals surface area contributed by atoms with Crippen molar-refractivity contribution in [2.75, 3.05) is 4.90 Å². The van der Waals surface area contributed by atoms with Crippen molar-refractivity contribution in [1.29, 1.82) is 0 Å². The molecule has 0 saturated heterocycles. The molecule has 3 nitrogen and oxygen atoms in total. The van der Waals surface area contributed by atoms with Crippen LogP contribution in [-0.4, -0.2) is 9.13 Å². The van der Waals surface area contributed by atoms with Crippen LogP contribution in [0.1, 0.15) is 25.0 Å². The zero-order valence-electron chi connectivity index (χ0n) is 45.6. The van der Waals surface area contributed by atoms with Crippen LogP contribution < -0.4 is 4.90 Å². The van der Waals surface area contributed by atoms with Crippen LogP contribution in [-0.2, 0) is 5.41 Å². The standard InChI is InChI=1S/C79H55N3/c1-79(2)72-49-58(64-31-19-32-69-65(64)45-46-70-76(55-23-9-4-10-24-55)77(56-25-11-5-12-26-56)82(78(69)70)61-40-36-53-22-15-16-27-57(53)48-61)37-43-66(72)67-44-41-63(51-73(67)79)80(60-38-34-54(35-39-60)52-20-7-3-8-21-52)62-42-47-75-71(50-62)68-30-17-18-33-74(68)81(75)59-28-13-6-14-29-59/h3-51H,1-2H3. The van der Waals surface area contributed by atoms with Crippen LogP contribution in [0.3, 0.4) is 0 Å². The predicted octanol–water partition coefficient (Wildman–Crippen LogP) is 21.5. The van der Waals surface area contributed by atoms with E-state index >= 15 is 0 Å². The first kappa shape index (κ1) is 47.5. The Morgan fingerprint density at radius 1 is 0.293 bits per heavy atom. The Morgan fingerprint density at radius 2 is 0.854 bits per heavy atom. The van der Waals surface area contributed by atoms with E-state index in [1.807, 2.05) is 0 Å². The van der Waals surface area contributed by atoms with E-state index in [1.54, 1.807) is 0 Å². The highest BCUT2D eigenvalue weighted by molar-refractivity contribution is 6.19. The molecule has 0 spiro atoms. The van der Waals surface area contributed by atoms with Gasteiger partial charge < -0.3 is 14.0 Å². The van der Waals surface area contributed by atoms with E-state index in [0.29, 0.717) is 0 Å². The SMILES string of the molecule is CC1(C)c2cc(-c3cccc4c3ccc3c(-c5ccccc5)c(-c5ccccc5)n(-c5ccc6ccccc6c5)c34)ccc2-c2ccc(N(c3ccc(-c4ccccc4)cc3)c3ccc4c(c3)c3ccccc3n4-c3ccccc3)cc21. The summed E-state index contributed by atoms with van der Waals surface area (Å²) in [7, 11) is 0. The molecule has 386 valence electrons. The topological polar surface area (TPSA) is 13.1 Å². The van der Waals surface area contributed by atoms with Gasteiger partial charge in [0.25, 0.3) is 0 Å². The predicted molar refractivity (Wildman–Crippen MR) is 347 cm³/mol. The summed E-state index contributed by atoms with van der Waals surface area (Å²) in [6, 6.07) is 110. The lowest BCUT2D eigenvalue weighted by Crippen LogP contribution is -2.16. The molecule has 0 amide bonds. The molecule has 0 aliphatic heterocycles. The third kappa shape index (κ3) is 7.51. The Labute approximate surface area is 477 Å². The van der Waals surface area contributed by atoms with Crippen LogP contribution in [0.25, 0.3) is 121 Å². The van der Waals surface area contributed by atoms with Gasteiger partial charge in [-0.15, -0.1) is 0 Å². The van der Waals surface area contributed by atoms with Crippen LogP contribution in [0.5, 0.6) is 0 Å². The van der Waals surface area contributed by atoms with Crippen molar-refractivity contribution in [3.05, 3.63) is 308 Å². The van der Waals surface area contributed by atoms with Gasteiger partial charge in [-0.25, -0.2) is 0 Å². The molecule has 0 N–H and O–H groups in total. The minimum atomic E-state index is -0.301. The maximum atomic E-state index is 2.54. The molecule has 3 heteroatoms. The number of rotatable bonds is 9.